The number of rotatable bonds is 4. The molecule has 0 aliphatic heterocycles. The van der Waals surface area contributed by atoms with Crippen LogP contribution in [0.5, 0.6) is 0 Å². The van der Waals surface area contributed by atoms with Gasteiger partial charge in [-0.2, -0.15) is 0 Å². The van der Waals surface area contributed by atoms with Gasteiger partial charge in [-0.1, -0.05) is 12.1 Å². The van der Waals surface area contributed by atoms with Crippen molar-refractivity contribution < 1.29 is 9.90 Å². The van der Waals surface area contributed by atoms with E-state index in [9.17, 15) is 4.79 Å². The number of hydrogen-bond donors (Lipinski definition) is 2. The number of aryl methyl sites for hydroxylation is 2. The van der Waals surface area contributed by atoms with Gasteiger partial charge in [0.15, 0.2) is 0 Å². The lowest BCUT2D eigenvalue weighted by atomic mass is 10.0. The number of hydrogen-bond acceptors (Lipinski definition) is 4. The molecule has 102 valence electrons. The quantitative estimate of drug-likeness (QED) is 0.889. The van der Waals surface area contributed by atoms with E-state index < -0.39 is 5.97 Å². The van der Waals surface area contributed by atoms with Crippen LogP contribution in [0.25, 0.3) is 11.3 Å². The number of nitrogens with one attached hydrogen (secondary N) is 1. The smallest absolute Gasteiger partial charge is 0.322 e. The first-order valence-electron chi connectivity index (χ1n) is 6.62. The second-order valence-electron chi connectivity index (χ2n) is 4.87. The third-order valence-electron chi connectivity index (χ3n) is 3.48. The lowest BCUT2D eigenvalue weighted by molar-refractivity contribution is -0.134. The van der Waals surface area contributed by atoms with E-state index in [0.717, 1.165) is 24.1 Å². The monoisotopic (exact) mass is 269 g/mol. The van der Waals surface area contributed by atoms with Gasteiger partial charge in [0.05, 0.1) is 5.69 Å². The Bertz CT molecular complexity index is 655. The van der Waals surface area contributed by atoms with Crippen LogP contribution in [-0.4, -0.2) is 27.6 Å². The van der Waals surface area contributed by atoms with Crippen LogP contribution >= 0.6 is 0 Å². The Kier molecular flexibility index (Phi) is 3.33. The molecule has 1 aliphatic rings. The van der Waals surface area contributed by atoms with Crippen LogP contribution in [0.3, 0.4) is 0 Å². The fraction of sp³-hybridized carbons (Fsp3) is 0.267. The van der Waals surface area contributed by atoms with Gasteiger partial charge in [-0.3, -0.25) is 4.79 Å². The minimum atomic E-state index is -0.914. The predicted octanol–water partition coefficient (Wildman–Crippen LogP) is 2.13. The molecule has 1 aliphatic carbocycles. The summed E-state index contributed by atoms with van der Waals surface area (Å²) in [6.45, 7) is -0.152. The lowest BCUT2D eigenvalue weighted by Gasteiger charge is -2.07. The standard InChI is InChI=1S/C15H15N3O2/c19-15(20)8-16-14-7-13(17-9-18-14)12-5-4-10-2-1-3-11(10)6-12/h4-7,9H,1-3,8H2,(H,19,20)(H,16,17,18). The fourth-order valence-electron chi connectivity index (χ4n) is 2.51. The van der Waals surface area contributed by atoms with Gasteiger partial charge in [-0.25, -0.2) is 9.97 Å². The van der Waals surface area contributed by atoms with Crippen LogP contribution in [0.15, 0.2) is 30.6 Å². The molecule has 20 heavy (non-hydrogen) atoms. The Labute approximate surface area is 116 Å². The highest BCUT2D eigenvalue weighted by molar-refractivity contribution is 5.73. The van der Waals surface area contributed by atoms with E-state index in [4.69, 9.17) is 5.11 Å². The zero-order valence-electron chi connectivity index (χ0n) is 11.0. The Morgan fingerprint density at radius 2 is 2.05 bits per heavy atom. The van der Waals surface area contributed by atoms with Crippen molar-refractivity contribution in [2.24, 2.45) is 0 Å². The summed E-state index contributed by atoms with van der Waals surface area (Å²) in [6, 6.07) is 8.17. The summed E-state index contributed by atoms with van der Waals surface area (Å²) in [5.41, 5.74) is 4.67. The van der Waals surface area contributed by atoms with E-state index in [1.807, 2.05) is 0 Å². The summed E-state index contributed by atoms with van der Waals surface area (Å²) >= 11 is 0. The molecule has 1 aromatic heterocycles. The predicted molar refractivity (Wildman–Crippen MR) is 75.6 cm³/mol. The first-order valence-corrected chi connectivity index (χ1v) is 6.62. The van der Waals surface area contributed by atoms with Crippen molar-refractivity contribution in [3.05, 3.63) is 41.7 Å². The average Bonchev–Trinajstić information content (AvgIpc) is 2.93. The van der Waals surface area contributed by atoms with Crippen molar-refractivity contribution in [1.82, 2.24) is 9.97 Å². The fourth-order valence-corrected chi connectivity index (χ4v) is 2.51. The van der Waals surface area contributed by atoms with Crippen molar-refractivity contribution in [2.45, 2.75) is 19.3 Å². The molecule has 0 amide bonds. The van der Waals surface area contributed by atoms with Gasteiger partial charge >= 0.3 is 5.97 Å². The van der Waals surface area contributed by atoms with E-state index in [1.54, 1.807) is 6.07 Å². The second kappa shape index (κ2) is 5.28. The Morgan fingerprint density at radius 1 is 1.20 bits per heavy atom. The van der Waals surface area contributed by atoms with Gasteiger partial charge in [0.25, 0.3) is 0 Å². The average molecular weight is 269 g/mol. The Balaban J connectivity index is 1.86. The SMILES string of the molecule is O=C(O)CNc1cc(-c2ccc3c(c2)CCC3)ncn1. The zero-order chi connectivity index (χ0) is 13.9. The molecule has 0 atom stereocenters. The molecular weight excluding hydrogens is 254 g/mol. The zero-order valence-corrected chi connectivity index (χ0v) is 11.0. The number of anilines is 1. The molecule has 2 N–H and O–H groups in total. The van der Waals surface area contributed by atoms with E-state index in [1.165, 1.54) is 23.9 Å². The summed E-state index contributed by atoms with van der Waals surface area (Å²) in [5, 5.41) is 11.4. The number of aliphatic carboxylic acids is 1. The Morgan fingerprint density at radius 3 is 2.90 bits per heavy atom. The molecule has 1 aromatic carbocycles. The van der Waals surface area contributed by atoms with Crippen molar-refractivity contribution in [2.75, 3.05) is 11.9 Å². The van der Waals surface area contributed by atoms with Gasteiger partial charge in [0.1, 0.15) is 18.7 Å². The molecular formula is C15H15N3O2. The van der Waals surface area contributed by atoms with Gasteiger partial charge in [0, 0.05) is 11.6 Å². The van der Waals surface area contributed by atoms with Crippen LogP contribution in [-0.2, 0) is 17.6 Å². The molecule has 0 bridgehead atoms. The normalized spacial score (nSPS) is 13.0. The van der Waals surface area contributed by atoms with Crippen LogP contribution < -0.4 is 5.32 Å². The lowest BCUT2D eigenvalue weighted by Crippen LogP contribution is -2.13. The summed E-state index contributed by atoms with van der Waals surface area (Å²) in [5.74, 6) is -0.388. The van der Waals surface area contributed by atoms with Crippen LogP contribution in [0.1, 0.15) is 17.5 Å². The first-order chi connectivity index (χ1) is 9.72. The number of fused-ring (bicyclic) bond motifs is 1. The van der Waals surface area contributed by atoms with Gasteiger partial charge in [-0.15, -0.1) is 0 Å². The van der Waals surface area contributed by atoms with Crippen LogP contribution in [0, 0.1) is 0 Å². The molecule has 5 heteroatoms. The molecule has 0 fully saturated rings. The maximum absolute atomic E-state index is 10.5. The van der Waals surface area contributed by atoms with Gasteiger partial charge < -0.3 is 10.4 Å². The molecule has 2 aromatic rings. The Hall–Kier alpha value is -2.43. The summed E-state index contributed by atoms with van der Waals surface area (Å²) < 4.78 is 0. The first kappa shape index (κ1) is 12.6. The topological polar surface area (TPSA) is 75.1 Å². The number of carbonyl (C=O) groups is 1. The number of carboxylic acid groups (broad SMARTS) is 1. The molecule has 5 nitrogen and oxygen atoms in total. The minimum absolute atomic E-state index is 0.152. The molecule has 0 radical (unpaired) electrons. The summed E-state index contributed by atoms with van der Waals surface area (Å²) in [4.78, 5) is 18.8. The molecule has 0 spiro atoms. The van der Waals surface area contributed by atoms with E-state index in [2.05, 4.69) is 33.5 Å². The van der Waals surface area contributed by atoms with Crippen molar-refractivity contribution in [3.8, 4) is 11.3 Å². The van der Waals surface area contributed by atoms with Gasteiger partial charge in [0.2, 0.25) is 0 Å². The highest BCUT2D eigenvalue weighted by Gasteiger charge is 2.12. The number of nitrogens with zero attached hydrogens (tertiary/aromatic N) is 2. The van der Waals surface area contributed by atoms with E-state index in [-0.39, 0.29) is 6.54 Å². The van der Waals surface area contributed by atoms with Crippen molar-refractivity contribution >= 4 is 11.8 Å². The maximum Gasteiger partial charge on any atom is 0.322 e. The van der Waals surface area contributed by atoms with E-state index in [0.29, 0.717) is 5.82 Å². The number of benzene rings is 1. The number of carboxylic acids is 1. The maximum atomic E-state index is 10.5. The second-order valence-corrected chi connectivity index (χ2v) is 4.87. The molecule has 1 heterocycles. The molecule has 0 unspecified atom stereocenters. The molecule has 3 rings (SSSR count). The highest BCUT2D eigenvalue weighted by Crippen LogP contribution is 2.27. The summed E-state index contributed by atoms with van der Waals surface area (Å²) in [7, 11) is 0. The third kappa shape index (κ3) is 2.61. The minimum Gasteiger partial charge on any atom is -0.480 e. The highest BCUT2D eigenvalue weighted by atomic mass is 16.4. The van der Waals surface area contributed by atoms with Gasteiger partial charge in [-0.05, 0) is 36.5 Å². The van der Waals surface area contributed by atoms with Crippen LogP contribution in [0.2, 0.25) is 0 Å². The molecule has 0 saturated carbocycles. The molecule has 0 saturated heterocycles. The summed E-state index contributed by atoms with van der Waals surface area (Å²) in [6.07, 6.45) is 4.95. The van der Waals surface area contributed by atoms with E-state index >= 15 is 0 Å². The van der Waals surface area contributed by atoms with Crippen LogP contribution in [0.4, 0.5) is 5.82 Å². The van der Waals surface area contributed by atoms with Crippen molar-refractivity contribution in [3.63, 3.8) is 0 Å². The van der Waals surface area contributed by atoms with Crippen molar-refractivity contribution in [1.29, 1.82) is 0 Å². The third-order valence-corrected chi connectivity index (χ3v) is 3.48. The number of aromatic nitrogens is 2. The largest absolute Gasteiger partial charge is 0.480 e.